The number of carbonyl (C=O) groups excluding carboxylic acids is 3. The van der Waals surface area contributed by atoms with Gasteiger partial charge in [-0.25, -0.2) is 13.2 Å². The number of urea groups is 1. The highest BCUT2D eigenvalue weighted by Crippen LogP contribution is 2.55. The van der Waals surface area contributed by atoms with Crippen molar-refractivity contribution in [2.75, 3.05) is 11.5 Å². The van der Waals surface area contributed by atoms with Crippen LogP contribution in [0, 0.1) is 23.7 Å². The Morgan fingerprint density at radius 3 is 2.17 bits per heavy atom. The number of nitrogens with one attached hydrogen (secondary N) is 2. The number of carbonyl (C=O) groups is 3. The summed E-state index contributed by atoms with van der Waals surface area (Å²) in [4.78, 5) is 36.7. The highest BCUT2D eigenvalue weighted by molar-refractivity contribution is 7.91. The average molecular weight is 427 g/mol. The first kappa shape index (κ1) is 20.6. The van der Waals surface area contributed by atoms with Crippen LogP contribution < -0.4 is 10.6 Å². The smallest absolute Gasteiger partial charge is 0.321 e. The molecule has 0 aromatic rings. The molecule has 3 amide bonds. The van der Waals surface area contributed by atoms with Crippen LogP contribution in [-0.2, 0) is 24.2 Å². The van der Waals surface area contributed by atoms with Crippen LogP contribution in [0.3, 0.4) is 0 Å². The van der Waals surface area contributed by atoms with Gasteiger partial charge in [-0.05, 0) is 75.5 Å². The van der Waals surface area contributed by atoms with E-state index >= 15 is 0 Å². The second-order valence-electron chi connectivity index (χ2n) is 9.75. The van der Waals surface area contributed by atoms with Crippen LogP contribution in [0.25, 0.3) is 0 Å². The lowest BCUT2D eigenvalue weighted by molar-refractivity contribution is -0.155. The van der Waals surface area contributed by atoms with E-state index in [1.54, 1.807) is 0 Å². The summed E-state index contributed by atoms with van der Waals surface area (Å²) >= 11 is 0. The zero-order valence-corrected chi connectivity index (χ0v) is 17.6. The van der Waals surface area contributed by atoms with Gasteiger partial charge in [-0.1, -0.05) is 0 Å². The predicted octanol–water partition coefficient (Wildman–Crippen LogP) is 1.54. The molecule has 4 aliphatic carbocycles. The Morgan fingerprint density at radius 2 is 1.66 bits per heavy atom. The molecular formula is C20H30N2O6S. The number of ether oxygens (including phenoxy) is 1. The van der Waals surface area contributed by atoms with E-state index in [0.29, 0.717) is 24.2 Å². The molecule has 1 heterocycles. The summed E-state index contributed by atoms with van der Waals surface area (Å²) in [6, 6.07) is -0.526. The van der Waals surface area contributed by atoms with Crippen molar-refractivity contribution >= 4 is 27.7 Å². The first-order valence-corrected chi connectivity index (χ1v) is 12.5. The summed E-state index contributed by atoms with van der Waals surface area (Å²) in [7, 11) is -3.06. The van der Waals surface area contributed by atoms with Crippen LogP contribution in [-0.4, -0.2) is 49.5 Å². The van der Waals surface area contributed by atoms with E-state index in [1.807, 2.05) is 0 Å². The summed E-state index contributed by atoms with van der Waals surface area (Å²) < 4.78 is 28.1. The number of rotatable bonds is 5. The Hall–Kier alpha value is -1.64. The molecule has 1 aliphatic heterocycles. The molecule has 0 spiro atoms. The molecule has 4 bridgehead atoms. The van der Waals surface area contributed by atoms with Crippen molar-refractivity contribution in [3.05, 3.63) is 0 Å². The van der Waals surface area contributed by atoms with Gasteiger partial charge in [0, 0.05) is 12.0 Å². The van der Waals surface area contributed by atoms with Crippen LogP contribution in [0.5, 0.6) is 0 Å². The van der Waals surface area contributed by atoms with Crippen molar-refractivity contribution < 1.29 is 27.5 Å². The van der Waals surface area contributed by atoms with E-state index in [0.717, 1.165) is 19.3 Å². The van der Waals surface area contributed by atoms with Crippen LogP contribution in [0.15, 0.2) is 0 Å². The van der Waals surface area contributed by atoms with E-state index in [2.05, 4.69) is 10.6 Å². The number of sulfone groups is 1. The number of esters is 1. The number of hydrogen-bond acceptors (Lipinski definition) is 6. The van der Waals surface area contributed by atoms with Gasteiger partial charge >= 0.3 is 12.0 Å². The molecule has 0 unspecified atom stereocenters. The molecule has 4 saturated carbocycles. The highest BCUT2D eigenvalue weighted by atomic mass is 32.2. The van der Waals surface area contributed by atoms with Crippen molar-refractivity contribution in [3.8, 4) is 0 Å². The number of hydrogen-bond donors (Lipinski definition) is 2. The summed E-state index contributed by atoms with van der Waals surface area (Å²) in [5.74, 6) is 0.560. The molecule has 8 nitrogen and oxygen atoms in total. The number of amides is 3. The predicted molar refractivity (Wildman–Crippen MR) is 105 cm³/mol. The minimum atomic E-state index is -3.06. The van der Waals surface area contributed by atoms with Crippen molar-refractivity contribution in [1.29, 1.82) is 0 Å². The van der Waals surface area contributed by atoms with E-state index in [-0.39, 0.29) is 29.4 Å². The topological polar surface area (TPSA) is 119 Å². The summed E-state index contributed by atoms with van der Waals surface area (Å²) in [5.41, 5.74) is -0.201. The van der Waals surface area contributed by atoms with Gasteiger partial charge in [0.05, 0.1) is 11.5 Å². The molecule has 162 valence electrons. The lowest BCUT2D eigenvalue weighted by atomic mass is 9.53. The third-order valence-corrected chi connectivity index (χ3v) is 8.95. The van der Waals surface area contributed by atoms with Gasteiger partial charge in [-0.2, -0.15) is 0 Å². The van der Waals surface area contributed by atoms with E-state index in [4.69, 9.17) is 4.74 Å². The zero-order valence-electron chi connectivity index (χ0n) is 16.8. The minimum absolute atomic E-state index is 0.0177. The van der Waals surface area contributed by atoms with Crippen molar-refractivity contribution in [1.82, 2.24) is 10.6 Å². The molecule has 5 rings (SSSR count). The summed E-state index contributed by atoms with van der Waals surface area (Å²) in [5, 5.41) is 5.36. The minimum Gasteiger partial charge on any atom is -0.453 e. The highest BCUT2D eigenvalue weighted by Gasteiger charge is 2.51. The first-order valence-electron chi connectivity index (χ1n) is 10.6. The quantitative estimate of drug-likeness (QED) is 0.644. The molecule has 5 fully saturated rings. The fourth-order valence-corrected chi connectivity index (χ4v) is 8.18. The van der Waals surface area contributed by atoms with Crippen molar-refractivity contribution in [2.24, 2.45) is 23.7 Å². The van der Waals surface area contributed by atoms with E-state index < -0.39 is 33.8 Å². The summed E-state index contributed by atoms with van der Waals surface area (Å²) in [6.07, 6.45) is 6.02. The Kier molecular flexibility index (Phi) is 5.38. The van der Waals surface area contributed by atoms with E-state index in [1.165, 1.54) is 26.2 Å². The standard InChI is InChI=1S/C20H30N2O6S/c1-12(28-17(23)7-13-2-3-29(26,27)11-13)18(24)21-19(25)22-20-8-14-4-15(9-20)6-16(5-14)10-20/h12-16H,2-11H2,1H3,(H2,21,22,24,25)/t12-,13+,14?,15?,16?,20?/m0/s1. The Bertz CT molecular complexity index is 773. The van der Waals surface area contributed by atoms with Gasteiger partial charge in [0.25, 0.3) is 5.91 Å². The molecule has 0 radical (unpaired) electrons. The van der Waals surface area contributed by atoms with E-state index in [9.17, 15) is 22.8 Å². The molecule has 0 aromatic carbocycles. The van der Waals surface area contributed by atoms with Gasteiger partial charge in [0.15, 0.2) is 15.9 Å². The normalized spacial score (nSPS) is 37.7. The molecule has 5 aliphatic rings. The van der Waals surface area contributed by atoms with Gasteiger partial charge < -0.3 is 10.1 Å². The molecule has 9 heteroatoms. The molecule has 1 saturated heterocycles. The first-order chi connectivity index (χ1) is 13.6. The lowest BCUT2D eigenvalue weighted by Gasteiger charge is -2.56. The second kappa shape index (κ2) is 7.56. The number of imide groups is 1. The monoisotopic (exact) mass is 426 g/mol. The average Bonchev–Trinajstić information content (AvgIpc) is 2.91. The third-order valence-electron chi connectivity index (χ3n) is 7.11. The fourth-order valence-electron chi connectivity index (χ4n) is 6.32. The largest absolute Gasteiger partial charge is 0.453 e. The fraction of sp³-hybridized carbons (Fsp3) is 0.850. The van der Waals surface area contributed by atoms with Crippen molar-refractivity contribution in [3.63, 3.8) is 0 Å². The molecule has 2 atom stereocenters. The summed E-state index contributed by atoms with van der Waals surface area (Å²) in [6.45, 7) is 1.41. The molecule has 29 heavy (non-hydrogen) atoms. The van der Waals surface area contributed by atoms with Crippen LogP contribution in [0.4, 0.5) is 4.79 Å². The maximum absolute atomic E-state index is 12.4. The van der Waals surface area contributed by atoms with Crippen LogP contribution >= 0.6 is 0 Å². The van der Waals surface area contributed by atoms with Crippen molar-refractivity contribution in [2.45, 2.75) is 69.9 Å². The lowest BCUT2D eigenvalue weighted by Crippen LogP contribution is -2.62. The Morgan fingerprint density at radius 1 is 1.07 bits per heavy atom. The molecular weight excluding hydrogens is 396 g/mol. The Balaban J connectivity index is 1.23. The maximum Gasteiger partial charge on any atom is 0.321 e. The second-order valence-corrected chi connectivity index (χ2v) is 12.0. The molecule has 2 N–H and O–H groups in total. The van der Waals surface area contributed by atoms with Crippen LogP contribution in [0.1, 0.15) is 58.3 Å². The van der Waals surface area contributed by atoms with Gasteiger partial charge in [0.2, 0.25) is 0 Å². The SMILES string of the molecule is C[C@H](OC(=O)C[C@H]1CCS(=O)(=O)C1)C(=O)NC(=O)NC12CC3CC(CC(C3)C1)C2. The zero-order chi connectivity index (χ0) is 20.8. The van der Waals surface area contributed by atoms with Gasteiger partial charge in [-0.15, -0.1) is 0 Å². The van der Waals surface area contributed by atoms with Gasteiger partial charge in [-0.3, -0.25) is 14.9 Å². The van der Waals surface area contributed by atoms with Crippen LogP contribution in [0.2, 0.25) is 0 Å². The maximum atomic E-state index is 12.4. The molecule has 0 aromatic heterocycles. The Labute approximate surface area is 171 Å². The third kappa shape index (κ3) is 4.75. The van der Waals surface area contributed by atoms with Gasteiger partial charge in [0.1, 0.15) is 0 Å².